The van der Waals surface area contributed by atoms with Crippen LogP contribution in [0.2, 0.25) is 5.02 Å². The van der Waals surface area contributed by atoms with Crippen LogP contribution >= 0.6 is 11.6 Å². The molecule has 0 saturated carbocycles. The van der Waals surface area contributed by atoms with Crippen LogP contribution in [0.25, 0.3) is 5.57 Å². The Labute approximate surface area is 173 Å². The predicted octanol–water partition coefficient (Wildman–Crippen LogP) is 4.81. The van der Waals surface area contributed by atoms with E-state index in [-0.39, 0.29) is 23.4 Å². The van der Waals surface area contributed by atoms with Crippen molar-refractivity contribution in [2.24, 2.45) is 0 Å². The molecular weight excluding hydrogens is 386 g/mol. The molecule has 140 valence electrons. The highest BCUT2D eigenvalue weighted by Crippen LogP contribution is 2.38. The molecule has 6 nitrogen and oxygen atoms in total. The standard InChI is InChI=1S/C22H14ClN5O/c1-29-18-8-2-14(3-9-18)19-10-21(15(11-24)12-25)28(22(27)20(19)13-26)17-6-4-16(23)5-7-17/h2-9,27H,10H2,1H3. The van der Waals surface area contributed by atoms with Crippen LogP contribution in [0.15, 0.2) is 65.4 Å². The molecule has 0 amide bonds. The molecule has 0 radical (unpaired) electrons. The Kier molecular flexibility index (Phi) is 5.65. The SMILES string of the molecule is COc1ccc(C2=C(C#N)C(=N)N(c3ccc(Cl)cc3)C(=C(C#N)C#N)C2)cc1. The van der Waals surface area contributed by atoms with E-state index in [4.69, 9.17) is 21.7 Å². The highest BCUT2D eigenvalue weighted by molar-refractivity contribution is 6.30. The maximum absolute atomic E-state index is 9.77. The molecule has 29 heavy (non-hydrogen) atoms. The second-order valence-corrected chi connectivity index (χ2v) is 6.51. The van der Waals surface area contributed by atoms with Crippen molar-refractivity contribution in [2.45, 2.75) is 6.42 Å². The summed E-state index contributed by atoms with van der Waals surface area (Å²) in [6.07, 6.45) is 0.149. The largest absolute Gasteiger partial charge is 0.497 e. The minimum atomic E-state index is -0.118. The molecule has 0 bridgehead atoms. The Balaban J connectivity index is 2.23. The van der Waals surface area contributed by atoms with Gasteiger partial charge in [-0.3, -0.25) is 10.3 Å². The van der Waals surface area contributed by atoms with Crippen molar-refractivity contribution in [1.29, 1.82) is 21.2 Å². The van der Waals surface area contributed by atoms with Gasteiger partial charge in [0.25, 0.3) is 0 Å². The lowest BCUT2D eigenvalue weighted by atomic mass is 9.89. The Hall–Kier alpha value is -4.05. The van der Waals surface area contributed by atoms with Crippen molar-refractivity contribution in [3.63, 3.8) is 0 Å². The van der Waals surface area contributed by atoms with Crippen LogP contribution in [0, 0.1) is 39.4 Å². The van der Waals surface area contributed by atoms with E-state index in [2.05, 4.69) is 6.07 Å². The summed E-state index contributed by atoms with van der Waals surface area (Å²) in [6, 6.07) is 19.6. The molecule has 1 heterocycles. The molecule has 1 aliphatic heterocycles. The van der Waals surface area contributed by atoms with Gasteiger partial charge in [0.1, 0.15) is 35.4 Å². The van der Waals surface area contributed by atoms with Crippen molar-refractivity contribution in [2.75, 3.05) is 12.0 Å². The lowest BCUT2D eigenvalue weighted by Crippen LogP contribution is -2.35. The van der Waals surface area contributed by atoms with Crippen molar-refractivity contribution < 1.29 is 4.74 Å². The minimum Gasteiger partial charge on any atom is -0.497 e. The fraction of sp³-hybridized carbons (Fsp3) is 0.0909. The third-order valence-corrected chi connectivity index (χ3v) is 4.78. The van der Waals surface area contributed by atoms with Crippen molar-refractivity contribution in [3.05, 3.63) is 76.0 Å². The molecule has 0 aromatic heterocycles. The van der Waals surface area contributed by atoms with Crippen LogP contribution in [0.3, 0.4) is 0 Å². The number of allylic oxidation sites excluding steroid dienone is 2. The zero-order chi connectivity index (χ0) is 21.0. The Morgan fingerprint density at radius 2 is 1.66 bits per heavy atom. The van der Waals surface area contributed by atoms with Crippen LogP contribution in [0.1, 0.15) is 12.0 Å². The van der Waals surface area contributed by atoms with Gasteiger partial charge in [0.05, 0.1) is 18.4 Å². The Morgan fingerprint density at radius 1 is 1.03 bits per heavy atom. The number of ether oxygens (including phenoxy) is 1. The first-order valence-electron chi connectivity index (χ1n) is 8.49. The highest BCUT2D eigenvalue weighted by atomic mass is 35.5. The molecule has 1 aliphatic rings. The van der Waals surface area contributed by atoms with Crippen LogP contribution < -0.4 is 9.64 Å². The van der Waals surface area contributed by atoms with Gasteiger partial charge in [-0.1, -0.05) is 23.7 Å². The number of rotatable bonds is 3. The average molecular weight is 400 g/mol. The predicted molar refractivity (Wildman–Crippen MR) is 110 cm³/mol. The summed E-state index contributed by atoms with van der Waals surface area (Å²) in [5, 5.41) is 37.9. The smallest absolute Gasteiger partial charge is 0.149 e. The topological polar surface area (TPSA) is 108 Å². The van der Waals surface area contributed by atoms with Gasteiger partial charge in [-0.15, -0.1) is 0 Å². The average Bonchev–Trinajstić information content (AvgIpc) is 2.75. The fourth-order valence-electron chi connectivity index (χ4n) is 3.11. The Bertz CT molecular complexity index is 1140. The van der Waals surface area contributed by atoms with Crippen molar-refractivity contribution >= 4 is 28.7 Å². The van der Waals surface area contributed by atoms with E-state index < -0.39 is 0 Å². The summed E-state index contributed by atoms with van der Waals surface area (Å²) in [5.41, 5.74) is 2.22. The zero-order valence-electron chi connectivity index (χ0n) is 15.4. The molecule has 0 saturated heterocycles. The van der Waals surface area contributed by atoms with Gasteiger partial charge in [0, 0.05) is 17.1 Å². The van der Waals surface area contributed by atoms with E-state index in [0.717, 1.165) is 5.56 Å². The monoisotopic (exact) mass is 399 g/mol. The summed E-state index contributed by atoms with van der Waals surface area (Å²) in [7, 11) is 1.56. The van der Waals surface area contributed by atoms with Crippen LogP contribution in [0.5, 0.6) is 5.75 Å². The molecule has 0 aliphatic carbocycles. The maximum Gasteiger partial charge on any atom is 0.149 e. The van der Waals surface area contributed by atoms with E-state index in [1.807, 2.05) is 12.1 Å². The van der Waals surface area contributed by atoms with Gasteiger partial charge in [-0.2, -0.15) is 15.8 Å². The van der Waals surface area contributed by atoms with Crippen LogP contribution in [-0.4, -0.2) is 12.9 Å². The molecule has 2 aromatic rings. The third-order valence-electron chi connectivity index (χ3n) is 4.52. The van der Waals surface area contributed by atoms with Gasteiger partial charge in [-0.05, 0) is 47.5 Å². The summed E-state index contributed by atoms with van der Waals surface area (Å²) >= 11 is 5.96. The van der Waals surface area contributed by atoms with Gasteiger partial charge >= 0.3 is 0 Å². The summed E-state index contributed by atoms with van der Waals surface area (Å²) < 4.78 is 5.17. The number of benzene rings is 2. The van der Waals surface area contributed by atoms with Crippen molar-refractivity contribution in [1.82, 2.24) is 0 Å². The molecule has 7 heteroatoms. The highest BCUT2D eigenvalue weighted by Gasteiger charge is 2.32. The Morgan fingerprint density at radius 3 is 2.17 bits per heavy atom. The summed E-state index contributed by atoms with van der Waals surface area (Å²) in [5.74, 6) is 0.553. The second-order valence-electron chi connectivity index (χ2n) is 6.08. The molecule has 0 fully saturated rings. The van der Waals surface area contributed by atoms with Gasteiger partial charge in [-0.25, -0.2) is 0 Å². The lowest BCUT2D eigenvalue weighted by Gasteiger charge is -2.33. The van der Waals surface area contributed by atoms with E-state index >= 15 is 0 Å². The minimum absolute atomic E-state index is 0.107. The lowest BCUT2D eigenvalue weighted by molar-refractivity contribution is 0.415. The van der Waals surface area contributed by atoms with Gasteiger partial charge in [0.15, 0.2) is 0 Å². The second kappa shape index (κ2) is 8.31. The molecule has 3 rings (SSSR count). The number of hydrogen-bond donors (Lipinski definition) is 1. The third kappa shape index (κ3) is 3.69. The maximum atomic E-state index is 9.77. The van der Waals surface area contributed by atoms with E-state index in [1.165, 1.54) is 4.90 Å². The number of nitrogens with one attached hydrogen (secondary N) is 1. The number of anilines is 1. The van der Waals surface area contributed by atoms with E-state index in [1.54, 1.807) is 55.6 Å². The molecule has 1 N–H and O–H groups in total. The van der Waals surface area contributed by atoms with Crippen LogP contribution in [0.4, 0.5) is 5.69 Å². The molecule has 0 unspecified atom stereocenters. The number of nitriles is 3. The number of halogens is 1. The number of methoxy groups -OCH3 is 1. The summed E-state index contributed by atoms with van der Waals surface area (Å²) in [6.45, 7) is 0. The van der Waals surface area contributed by atoms with E-state index in [9.17, 15) is 15.8 Å². The van der Waals surface area contributed by atoms with Crippen LogP contribution in [-0.2, 0) is 0 Å². The number of amidine groups is 1. The molecular formula is C22H14ClN5O. The normalized spacial score (nSPS) is 13.4. The zero-order valence-corrected chi connectivity index (χ0v) is 16.2. The quantitative estimate of drug-likeness (QED) is 0.744. The first-order chi connectivity index (χ1) is 14.0. The number of hydrogen-bond acceptors (Lipinski definition) is 5. The fourth-order valence-corrected chi connectivity index (χ4v) is 3.24. The molecule has 2 aromatic carbocycles. The first kappa shape index (κ1) is 19.7. The van der Waals surface area contributed by atoms with Crippen molar-refractivity contribution in [3.8, 4) is 24.0 Å². The molecule has 0 spiro atoms. The number of nitrogens with zero attached hydrogens (tertiary/aromatic N) is 4. The van der Waals surface area contributed by atoms with Gasteiger partial charge < -0.3 is 4.74 Å². The first-order valence-corrected chi connectivity index (χ1v) is 8.87. The van der Waals surface area contributed by atoms with E-state index in [0.29, 0.717) is 27.7 Å². The summed E-state index contributed by atoms with van der Waals surface area (Å²) in [4.78, 5) is 1.45. The molecule has 0 atom stereocenters. The van der Waals surface area contributed by atoms with Gasteiger partial charge in [0.2, 0.25) is 0 Å².